The molecule has 1 aromatic carbocycles. The van der Waals surface area contributed by atoms with Crippen LogP contribution in [0, 0.1) is 13.8 Å². The summed E-state index contributed by atoms with van der Waals surface area (Å²) in [5, 5.41) is 13.5. The summed E-state index contributed by atoms with van der Waals surface area (Å²) in [6.45, 7) is 8.42. The standard InChI is InChI=1S/C13H17N3S/c1-8(2)14-13-16-15-12(17-13)11-6-5-9(3)10(4)7-11/h5-8H,1-4H3,(H,14,16). The highest BCUT2D eigenvalue weighted by atomic mass is 32.1. The van der Waals surface area contributed by atoms with Crippen LogP contribution in [0.4, 0.5) is 5.13 Å². The highest BCUT2D eigenvalue weighted by Crippen LogP contribution is 2.27. The summed E-state index contributed by atoms with van der Waals surface area (Å²) in [6.07, 6.45) is 0. The maximum atomic E-state index is 4.22. The second-order valence-electron chi connectivity index (χ2n) is 4.51. The van der Waals surface area contributed by atoms with Crippen LogP contribution >= 0.6 is 11.3 Å². The largest absolute Gasteiger partial charge is 0.358 e. The molecule has 17 heavy (non-hydrogen) atoms. The number of rotatable bonds is 3. The molecule has 90 valence electrons. The van der Waals surface area contributed by atoms with Gasteiger partial charge in [0, 0.05) is 11.6 Å². The van der Waals surface area contributed by atoms with Gasteiger partial charge in [0.15, 0.2) is 0 Å². The number of aromatic nitrogens is 2. The van der Waals surface area contributed by atoms with Gasteiger partial charge in [0.1, 0.15) is 5.01 Å². The van der Waals surface area contributed by atoms with Gasteiger partial charge in [-0.15, -0.1) is 10.2 Å². The topological polar surface area (TPSA) is 37.8 Å². The number of anilines is 1. The monoisotopic (exact) mass is 247 g/mol. The van der Waals surface area contributed by atoms with Crippen molar-refractivity contribution in [2.24, 2.45) is 0 Å². The van der Waals surface area contributed by atoms with Crippen molar-refractivity contribution in [2.75, 3.05) is 5.32 Å². The van der Waals surface area contributed by atoms with E-state index < -0.39 is 0 Å². The van der Waals surface area contributed by atoms with Crippen LogP contribution in [0.5, 0.6) is 0 Å². The third kappa shape index (κ3) is 2.82. The van der Waals surface area contributed by atoms with Crippen LogP contribution in [0.15, 0.2) is 18.2 Å². The first-order chi connectivity index (χ1) is 8.06. The first kappa shape index (κ1) is 12.0. The molecular formula is C13H17N3S. The number of nitrogens with zero attached hydrogens (tertiary/aromatic N) is 2. The van der Waals surface area contributed by atoms with Crippen molar-refractivity contribution in [1.82, 2.24) is 10.2 Å². The molecule has 0 saturated carbocycles. The maximum absolute atomic E-state index is 4.22. The molecule has 1 heterocycles. The van der Waals surface area contributed by atoms with Crippen LogP contribution in [0.3, 0.4) is 0 Å². The van der Waals surface area contributed by atoms with Crippen molar-refractivity contribution in [3.05, 3.63) is 29.3 Å². The van der Waals surface area contributed by atoms with E-state index in [0.29, 0.717) is 6.04 Å². The molecule has 2 aromatic rings. The predicted molar refractivity (Wildman–Crippen MR) is 73.6 cm³/mol. The van der Waals surface area contributed by atoms with Gasteiger partial charge in [-0.2, -0.15) is 0 Å². The first-order valence-corrected chi connectivity index (χ1v) is 6.55. The third-order valence-electron chi connectivity index (χ3n) is 2.59. The Hall–Kier alpha value is -1.42. The minimum absolute atomic E-state index is 0.385. The predicted octanol–water partition coefficient (Wildman–Crippen LogP) is 3.64. The van der Waals surface area contributed by atoms with E-state index in [1.807, 2.05) is 0 Å². The van der Waals surface area contributed by atoms with E-state index in [1.54, 1.807) is 11.3 Å². The van der Waals surface area contributed by atoms with Crippen LogP contribution in [-0.4, -0.2) is 16.2 Å². The van der Waals surface area contributed by atoms with Gasteiger partial charge in [0.2, 0.25) is 5.13 Å². The molecule has 0 atom stereocenters. The Kier molecular flexibility index (Phi) is 3.43. The van der Waals surface area contributed by atoms with E-state index in [-0.39, 0.29) is 0 Å². The molecule has 0 fully saturated rings. The maximum Gasteiger partial charge on any atom is 0.206 e. The Morgan fingerprint density at radius 3 is 2.53 bits per heavy atom. The van der Waals surface area contributed by atoms with Crippen molar-refractivity contribution in [2.45, 2.75) is 33.7 Å². The van der Waals surface area contributed by atoms with Crippen molar-refractivity contribution < 1.29 is 0 Å². The zero-order valence-electron chi connectivity index (χ0n) is 10.6. The molecule has 0 unspecified atom stereocenters. The van der Waals surface area contributed by atoms with E-state index in [0.717, 1.165) is 15.7 Å². The van der Waals surface area contributed by atoms with Crippen LogP contribution in [0.2, 0.25) is 0 Å². The van der Waals surface area contributed by atoms with Crippen molar-refractivity contribution >= 4 is 16.5 Å². The molecule has 0 aliphatic heterocycles. The number of nitrogens with one attached hydrogen (secondary N) is 1. The first-order valence-electron chi connectivity index (χ1n) is 5.74. The Morgan fingerprint density at radius 2 is 1.88 bits per heavy atom. The lowest BCUT2D eigenvalue weighted by molar-refractivity contribution is 0.888. The molecule has 3 nitrogen and oxygen atoms in total. The molecule has 2 rings (SSSR count). The fourth-order valence-corrected chi connectivity index (χ4v) is 2.41. The number of aryl methyl sites for hydroxylation is 2. The van der Waals surface area contributed by atoms with Crippen LogP contribution in [0.25, 0.3) is 10.6 Å². The molecule has 0 amide bonds. The van der Waals surface area contributed by atoms with E-state index in [9.17, 15) is 0 Å². The molecule has 0 aliphatic rings. The SMILES string of the molecule is Cc1ccc(-c2nnc(NC(C)C)s2)cc1C. The Labute approximate surface area is 106 Å². The summed E-state index contributed by atoms with van der Waals surface area (Å²) in [5.41, 5.74) is 3.73. The molecule has 0 spiro atoms. The third-order valence-corrected chi connectivity index (χ3v) is 3.49. The van der Waals surface area contributed by atoms with Crippen LogP contribution in [-0.2, 0) is 0 Å². The van der Waals surface area contributed by atoms with Crippen LogP contribution < -0.4 is 5.32 Å². The molecule has 1 N–H and O–H groups in total. The lowest BCUT2D eigenvalue weighted by atomic mass is 10.1. The highest BCUT2D eigenvalue weighted by molar-refractivity contribution is 7.18. The lowest BCUT2D eigenvalue weighted by Gasteiger charge is -2.03. The van der Waals surface area contributed by atoms with Gasteiger partial charge in [-0.1, -0.05) is 23.5 Å². The average molecular weight is 247 g/mol. The van der Waals surface area contributed by atoms with E-state index >= 15 is 0 Å². The van der Waals surface area contributed by atoms with E-state index in [4.69, 9.17) is 0 Å². The van der Waals surface area contributed by atoms with Crippen LogP contribution in [0.1, 0.15) is 25.0 Å². The smallest absolute Gasteiger partial charge is 0.206 e. The molecule has 1 aromatic heterocycles. The van der Waals surface area contributed by atoms with Gasteiger partial charge in [-0.3, -0.25) is 0 Å². The van der Waals surface area contributed by atoms with Gasteiger partial charge in [-0.05, 0) is 44.9 Å². The number of hydrogen-bond acceptors (Lipinski definition) is 4. The van der Waals surface area contributed by atoms with Crippen molar-refractivity contribution in [1.29, 1.82) is 0 Å². The molecular weight excluding hydrogens is 230 g/mol. The lowest BCUT2D eigenvalue weighted by Crippen LogP contribution is -2.08. The number of hydrogen-bond donors (Lipinski definition) is 1. The van der Waals surface area contributed by atoms with Crippen molar-refractivity contribution in [3.63, 3.8) is 0 Å². The van der Waals surface area contributed by atoms with E-state index in [1.165, 1.54) is 11.1 Å². The molecule has 0 radical (unpaired) electrons. The molecule has 0 aliphatic carbocycles. The second-order valence-corrected chi connectivity index (χ2v) is 5.49. The minimum atomic E-state index is 0.385. The zero-order chi connectivity index (χ0) is 12.4. The Bertz CT molecular complexity index is 517. The summed E-state index contributed by atoms with van der Waals surface area (Å²) >= 11 is 1.60. The summed E-state index contributed by atoms with van der Waals surface area (Å²) in [4.78, 5) is 0. The normalized spacial score (nSPS) is 10.9. The fourth-order valence-electron chi connectivity index (χ4n) is 1.52. The summed E-state index contributed by atoms with van der Waals surface area (Å²) in [6, 6.07) is 6.77. The quantitative estimate of drug-likeness (QED) is 0.899. The second kappa shape index (κ2) is 4.84. The Morgan fingerprint density at radius 1 is 1.12 bits per heavy atom. The molecule has 4 heteroatoms. The van der Waals surface area contributed by atoms with Gasteiger partial charge in [0.05, 0.1) is 0 Å². The van der Waals surface area contributed by atoms with Gasteiger partial charge < -0.3 is 5.32 Å². The number of benzene rings is 1. The minimum Gasteiger partial charge on any atom is -0.358 e. The highest BCUT2D eigenvalue weighted by Gasteiger charge is 2.07. The van der Waals surface area contributed by atoms with Crippen molar-refractivity contribution in [3.8, 4) is 10.6 Å². The summed E-state index contributed by atoms with van der Waals surface area (Å²) < 4.78 is 0. The summed E-state index contributed by atoms with van der Waals surface area (Å²) in [7, 11) is 0. The summed E-state index contributed by atoms with van der Waals surface area (Å²) in [5.74, 6) is 0. The van der Waals surface area contributed by atoms with Gasteiger partial charge >= 0.3 is 0 Å². The van der Waals surface area contributed by atoms with Gasteiger partial charge in [0.25, 0.3) is 0 Å². The molecule has 0 saturated heterocycles. The average Bonchev–Trinajstić information content (AvgIpc) is 2.69. The van der Waals surface area contributed by atoms with E-state index in [2.05, 4.69) is 61.4 Å². The van der Waals surface area contributed by atoms with Gasteiger partial charge in [-0.25, -0.2) is 0 Å². The zero-order valence-corrected chi connectivity index (χ0v) is 11.4. The molecule has 0 bridgehead atoms. The fraction of sp³-hybridized carbons (Fsp3) is 0.385. The Balaban J connectivity index is 2.27.